The molecule has 0 saturated heterocycles. The number of benzene rings is 2. The molecule has 0 saturated carbocycles. The summed E-state index contributed by atoms with van der Waals surface area (Å²) in [7, 11) is 0. The molecule has 28 heavy (non-hydrogen) atoms. The van der Waals surface area contributed by atoms with Crippen LogP contribution in [0.4, 0.5) is 0 Å². The summed E-state index contributed by atoms with van der Waals surface area (Å²) in [6.07, 6.45) is 2.65. The number of hydrogen-bond donors (Lipinski definition) is 1. The third-order valence-electron chi connectivity index (χ3n) is 4.45. The van der Waals surface area contributed by atoms with Gasteiger partial charge in [0.15, 0.2) is 5.16 Å². The first-order chi connectivity index (χ1) is 13.8. The topological polar surface area (TPSA) is 59.8 Å². The normalized spacial score (nSPS) is 10.8. The molecular formula is C22H26N4OS. The van der Waals surface area contributed by atoms with E-state index in [4.69, 9.17) is 0 Å². The van der Waals surface area contributed by atoms with Gasteiger partial charge in [-0.3, -0.25) is 4.79 Å². The van der Waals surface area contributed by atoms with Gasteiger partial charge in [0, 0.05) is 19.5 Å². The van der Waals surface area contributed by atoms with E-state index in [-0.39, 0.29) is 5.91 Å². The van der Waals surface area contributed by atoms with Crippen molar-refractivity contribution in [2.75, 3.05) is 12.3 Å². The van der Waals surface area contributed by atoms with Gasteiger partial charge < -0.3 is 9.88 Å². The van der Waals surface area contributed by atoms with Crippen LogP contribution < -0.4 is 5.32 Å². The fourth-order valence-electron chi connectivity index (χ4n) is 3.00. The molecule has 3 rings (SSSR count). The number of carbonyl (C=O) groups excluding carboxylic acids is 1. The van der Waals surface area contributed by atoms with Crippen LogP contribution in [0.25, 0.3) is 0 Å². The Labute approximate surface area is 170 Å². The summed E-state index contributed by atoms with van der Waals surface area (Å²) < 4.78 is 2.08. The number of hydrogen-bond acceptors (Lipinski definition) is 4. The van der Waals surface area contributed by atoms with E-state index in [1.807, 2.05) is 36.4 Å². The lowest BCUT2D eigenvalue weighted by molar-refractivity contribution is -0.118. The quantitative estimate of drug-likeness (QED) is 0.420. The van der Waals surface area contributed by atoms with Gasteiger partial charge in [-0.1, -0.05) is 72.4 Å². The Morgan fingerprint density at radius 2 is 1.68 bits per heavy atom. The molecule has 0 atom stereocenters. The standard InChI is InChI=1S/C22H26N4OS/c1-2-26-20(16-19-12-7-4-8-13-19)24-25-22(26)28-17-21(27)23-15-9-14-18-10-5-3-6-11-18/h3-8,10-13H,2,9,14-17H2,1H3,(H,23,27). The molecule has 3 aromatic rings. The number of aryl methyl sites for hydroxylation is 1. The van der Waals surface area contributed by atoms with Crippen LogP contribution in [0.5, 0.6) is 0 Å². The summed E-state index contributed by atoms with van der Waals surface area (Å²) in [6, 6.07) is 20.6. The number of amides is 1. The van der Waals surface area contributed by atoms with Gasteiger partial charge in [0.1, 0.15) is 5.82 Å². The van der Waals surface area contributed by atoms with Gasteiger partial charge in [0.05, 0.1) is 5.75 Å². The highest BCUT2D eigenvalue weighted by Gasteiger charge is 2.13. The highest BCUT2D eigenvalue weighted by atomic mass is 32.2. The minimum absolute atomic E-state index is 0.0355. The van der Waals surface area contributed by atoms with Gasteiger partial charge in [0.2, 0.25) is 5.91 Å². The van der Waals surface area contributed by atoms with Crippen LogP contribution in [0.15, 0.2) is 65.8 Å². The van der Waals surface area contributed by atoms with Crippen molar-refractivity contribution >= 4 is 17.7 Å². The predicted octanol–water partition coefficient (Wildman–Crippen LogP) is 3.73. The van der Waals surface area contributed by atoms with Crippen LogP contribution in [0.1, 0.15) is 30.3 Å². The van der Waals surface area contributed by atoms with E-state index >= 15 is 0 Å². The number of nitrogens with one attached hydrogen (secondary N) is 1. The predicted molar refractivity (Wildman–Crippen MR) is 113 cm³/mol. The monoisotopic (exact) mass is 394 g/mol. The zero-order valence-corrected chi connectivity index (χ0v) is 17.0. The van der Waals surface area contributed by atoms with Gasteiger partial charge >= 0.3 is 0 Å². The van der Waals surface area contributed by atoms with E-state index in [2.05, 4.69) is 51.3 Å². The number of thioether (sulfide) groups is 1. The van der Waals surface area contributed by atoms with Crippen molar-refractivity contribution in [3.05, 3.63) is 77.6 Å². The molecule has 0 aliphatic heterocycles. The fraction of sp³-hybridized carbons (Fsp3) is 0.318. The number of aromatic nitrogens is 3. The lowest BCUT2D eigenvalue weighted by atomic mass is 10.1. The smallest absolute Gasteiger partial charge is 0.230 e. The van der Waals surface area contributed by atoms with Crippen molar-refractivity contribution in [1.82, 2.24) is 20.1 Å². The Morgan fingerprint density at radius 3 is 2.36 bits per heavy atom. The molecule has 146 valence electrons. The Morgan fingerprint density at radius 1 is 1.00 bits per heavy atom. The lowest BCUT2D eigenvalue weighted by Crippen LogP contribution is -2.26. The summed E-state index contributed by atoms with van der Waals surface area (Å²) in [6.45, 7) is 3.55. The Kier molecular flexibility index (Phi) is 7.67. The van der Waals surface area contributed by atoms with E-state index in [1.54, 1.807) is 0 Å². The second-order valence-electron chi connectivity index (χ2n) is 6.53. The third-order valence-corrected chi connectivity index (χ3v) is 5.42. The minimum Gasteiger partial charge on any atom is -0.355 e. The van der Waals surface area contributed by atoms with E-state index < -0.39 is 0 Å². The molecule has 1 aromatic heterocycles. The van der Waals surface area contributed by atoms with Crippen LogP contribution in [-0.2, 0) is 24.2 Å². The SMILES string of the molecule is CCn1c(Cc2ccccc2)nnc1SCC(=O)NCCCc1ccccc1. The molecule has 6 heteroatoms. The van der Waals surface area contributed by atoms with Gasteiger partial charge in [-0.25, -0.2) is 0 Å². The first-order valence-corrected chi connectivity index (χ1v) is 10.6. The van der Waals surface area contributed by atoms with Crippen LogP contribution in [0, 0.1) is 0 Å². The van der Waals surface area contributed by atoms with E-state index in [9.17, 15) is 4.79 Å². The fourth-order valence-corrected chi connectivity index (χ4v) is 3.85. The Hall–Kier alpha value is -2.60. The summed E-state index contributed by atoms with van der Waals surface area (Å²) in [5, 5.41) is 12.4. The van der Waals surface area contributed by atoms with E-state index in [0.29, 0.717) is 12.3 Å². The average molecular weight is 395 g/mol. The molecule has 0 aliphatic carbocycles. The first kappa shape index (κ1) is 20.1. The summed E-state index contributed by atoms with van der Waals surface area (Å²) in [5.41, 5.74) is 2.51. The number of nitrogens with zero attached hydrogens (tertiary/aromatic N) is 3. The van der Waals surface area contributed by atoms with Crippen molar-refractivity contribution in [3.8, 4) is 0 Å². The molecule has 0 spiro atoms. The van der Waals surface area contributed by atoms with E-state index in [0.717, 1.165) is 36.8 Å². The van der Waals surface area contributed by atoms with Crippen molar-refractivity contribution in [2.45, 2.75) is 37.9 Å². The third kappa shape index (κ3) is 5.96. The second kappa shape index (κ2) is 10.7. The molecule has 0 bridgehead atoms. The van der Waals surface area contributed by atoms with Crippen LogP contribution in [-0.4, -0.2) is 33.0 Å². The van der Waals surface area contributed by atoms with Crippen molar-refractivity contribution in [3.63, 3.8) is 0 Å². The van der Waals surface area contributed by atoms with Crippen molar-refractivity contribution in [2.24, 2.45) is 0 Å². The maximum absolute atomic E-state index is 12.1. The van der Waals surface area contributed by atoms with Crippen molar-refractivity contribution < 1.29 is 4.79 Å². The molecule has 1 amide bonds. The largest absolute Gasteiger partial charge is 0.355 e. The number of carbonyl (C=O) groups is 1. The molecular weight excluding hydrogens is 368 g/mol. The molecule has 0 radical (unpaired) electrons. The van der Waals surface area contributed by atoms with Gasteiger partial charge in [-0.2, -0.15) is 0 Å². The zero-order valence-electron chi connectivity index (χ0n) is 16.2. The molecule has 1 heterocycles. The van der Waals surface area contributed by atoms with Crippen LogP contribution in [0.2, 0.25) is 0 Å². The number of rotatable bonds is 10. The van der Waals surface area contributed by atoms with Crippen LogP contribution >= 0.6 is 11.8 Å². The first-order valence-electron chi connectivity index (χ1n) is 9.65. The second-order valence-corrected chi connectivity index (χ2v) is 7.48. The molecule has 0 unspecified atom stereocenters. The maximum atomic E-state index is 12.1. The van der Waals surface area contributed by atoms with Gasteiger partial charge in [0.25, 0.3) is 0 Å². The lowest BCUT2D eigenvalue weighted by Gasteiger charge is -2.08. The zero-order chi connectivity index (χ0) is 19.6. The molecule has 0 fully saturated rings. The molecule has 5 nitrogen and oxygen atoms in total. The summed E-state index contributed by atoms with van der Waals surface area (Å²) in [4.78, 5) is 12.1. The highest BCUT2D eigenvalue weighted by Crippen LogP contribution is 2.18. The molecule has 0 aliphatic rings. The Bertz CT molecular complexity index is 865. The summed E-state index contributed by atoms with van der Waals surface area (Å²) in [5.74, 6) is 1.32. The van der Waals surface area contributed by atoms with Crippen LogP contribution in [0.3, 0.4) is 0 Å². The molecule has 1 N–H and O–H groups in total. The van der Waals surface area contributed by atoms with Gasteiger partial charge in [-0.05, 0) is 30.9 Å². The minimum atomic E-state index is 0.0355. The molecule has 2 aromatic carbocycles. The van der Waals surface area contributed by atoms with E-state index in [1.165, 1.54) is 22.9 Å². The Balaban J connectivity index is 1.44. The summed E-state index contributed by atoms with van der Waals surface area (Å²) >= 11 is 1.44. The highest BCUT2D eigenvalue weighted by molar-refractivity contribution is 7.99. The van der Waals surface area contributed by atoms with Crippen molar-refractivity contribution in [1.29, 1.82) is 0 Å². The maximum Gasteiger partial charge on any atom is 0.230 e. The van der Waals surface area contributed by atoms with Gasteiger partial charge in [-0.15, -0.1) is 10.2 Å². The average Bonchev–Trinajstić information content (AvgIpc) is 3.12.